The van der Waals surface area contributed by atoms with Gasteiger partial charge in [0.1, 0.15) is 0 Å². The van der Waals surface area contributed by atoms with E-state index in [1.54, 1.807) is 0 Å². The minimum Gasteiger partial charge on any atom is -0.228 e. The summed E-state index contributed by atoms with van der Waals surface area (Å²) in [5.41, 5.74) is 11.9. The maximum atomic E-state index is 5.36. The fourth-order valence-corrected chi connectivity index (χ4v) is 8.65. The molecule has 1 heterocycles. The van der Waals surface area contributed by atoms with Gasteiger partial charge in [0, 0.05) is 16.7 Å². The fraction of sp³-hybridized carbons (Fsp3) is 0. The van der Waals surface area contributed by atoms with Crippen molar-refractivity contribution in [2.24, 2.45) is 0 Å². The van der Waals surface area contributed by atoms with Gasteiger partial charge in [-0.05, 0) is 88.6 Å². The van der Waals surface area contributed by atoms with Crippen LogP contribution in [0.25, 0.3) is 110 Å². The van der Waals surface area contributed by atoms with Crippen LogP contribution in [-0.4, -0.2) is 9.97 Å². The molecular formula is C56H36N2. The van der Waals surface area contributed by atoms with Crippen LogP contribution in [0.2, 0.25) is 0 Å². The Morgan fingerprint density at radius 1 is 0.241 bits per heavy atom. The van der Waals surface area contributed by atoms with Crippen LogP contribution in [0.3, 0.4) is 0 Å². The first-order valence-electron chi connectivity index (χ1n) is 19.8. The molecule has 0 radical (unpaired) electrons. The summed E-state index contributed by atoms with van der Waals surface area (Å²) in [6.07, 6.45) is 0. The molecule has 58 heavy (non-hydrogen) atoms. The molecule has 0 saturated heterocycles. The fourth-order valence-electron chi connectivity index (χ4n) is 8.65. The van der Waals surface area contributed by atoms with E-state index in [2.05, 4.69) is 218 Å². The maximum absolute atomic E-state index is 5.36. The van der Waals surface area contributed by atoms with Crippen LogP contribution in [0, 0.1) is 0 Å². The molecule has 0 aliphatic rings. The Kier molecular flexibility index (Phi) is 8.19. The van der Waals surface area contributed by atoms with Crippen molar-refractivity contribution in [1.29, 1.82) is 0 Å². The van der Waals surface area contributed by atoms with Crippen molar-refractivity contribution in [2.75, 3.05) is 0 Å². The minimum atomic E-state index is 0.688. The number of fused-ring (bicyclic) bond motifs is 5. The molecule has 0 aliphatic carbocycles. The van der Waals surface area contributed by atoms with Crippen LogP contribution >= 0.6 is 0 Å². The number of hydrogen-bond donors (Lipinski definition) is 0. The van der Waals surface area contributed by atoms with Gasteiger partial charge in [0.15, 0.2) is 5.82 Å². The van der Waals surface area contributed by atoms with Crippen LogP contribution in [0.1, 0.15) is 0 Å². The molecule has 2 heteroatoms. The van der Waals surface area contributed by atoms with Gasteiger partial charge >= 0.3 is 0 Å². The molecule has 0 saturated carbocycles. The van der Waals surface area contributed by atoms with E-state index in [-0.39, 0.29) is 0 Å². The van der Waals surface area contributed by atoms with E-state index in [1.807, 2.05) is 0 Å². The van der Waals surface area contributed by atoms with E-state index in [1.165, 1.54) is 65.3 Å². The van der Waals surface area contributed by atoms with E-state index in [0.717, 1.165) is 39.2 Å². The Hall–Kier alpha value is -7.68. The van der Waals surface area contributed by atoms with Gasteiger partial charge in [0.2, 0.25) is 0 Å². The van der Waals surface area contributed by atoms with Crippen molar-refractivity contribution in [3.8, 4) is 67.3 Å². The predicted octanol–water partition coefficient (Wildman–Crippen LogP) is 15.1. The summed E-state index contributed by atoms with van der Waals surface area (Å²) in [5, 5.41) is 9.92. The van der Waals surface area contributed by atoms with Gasteiger partial charge in [-0.3, -0.25) is 0 Å². The number of nitrogens with zero attached hydrogens (tertiary/aromatic N) is 2. The molecule has 10 aromatic carbocycles. The molecule has 0 atom stereocenters. The lowest BCUT2D eigenvalue weighted by atomic mass is 9.89. The van der Waals surface area contributed by atoms with Gasteiger partial charge in [0.05, 0.1) is 11.4 Å². The number of hydrogen-bond acceptors (Lipinski definition) is 2. The Labute approximate surface area is 337 Å². The van der Waals surface area contributed by atoms with E-state index in [4.69, 9.17) is 9.97 Å². The van der Waals surface area contributed by atoms with Gasteiger partial charge in [-0.2, -0.15) is 0 Å². The molecule has 0 fully saturated rings. The summed E-state index contributed by atoms with van der Waals surface area (Å²) in [5.74, 6) is 0.688. The van der Waals surface area contributed by atoms with Gasteiger partial charge in [0.25, 0.3) is 0 Å². The zero-order valence-corrected chi connectivity index (χ0v) is 31.7. The van der Waals surface area contributed by atoms with Crippen LogP contribution in [0.15, 0.2) is 218 Å². The molecule has 11 aromatic rings. The summed E-state index contributed by atoms with van der Waals surface area (Å²) in [6.45, 7) is 0. The second-order valence-electron chi connectivity index (χ2n) is 14.9. The average Bonchev–Trinajstić information content (AvgIpc) is 3.31. The molecule has 11 rings (SSSR count). The second-order valence-corrected chi connectivity index (χ2v) is 14.9. The Balaban J connectivity index is 1.07. The van der Waals surface area contributed by atoms with E-state index in [0.29, 0.717) is 5.82 Å². The van der Waals surface area contributed by atoms with Crippen LogP contribution in [-0.2, 0) is 0 Å². The third-order valence-corrected chi connectivity index (χ3v) is 11.5. The average molecular weight is 737 g/mol. The molecule has 0 spiro atoms. The molecular weight excluding hydrogens is 701 g/mol. The third-order valence-electron chi connectivity index (χ3n) is 11.5. The second kappa shape index (κ2) is 14.1. The summed E-state index contributed by atoms with van der Waals surface area (Å²) >= 11 is 0. The van der Waals surface area contributed by atoms with Crippen molar-refractivity contribution in [2.45, 2.75) is 0 Å². The van der Waals surface area contributed by atoms with Crippen molar-refractivity contribution in [1.82, 2.24) is 9.97 Å². The highest BCUT2D eigenvalue weighted by Crippen LogP contribution is 2.41. The van der Waals surface area contributed by atoms with Gasteiger partial charge < -0.3 is 0 Å². The number of benzene rings is 10. The van der Waals surface area contributed by atoms with E-state index >= 15 is 0 Å². The first-order valence-corrected chi connectivity index (χ1v) is 19.8. The molecule has 0 aliphatic heterocycles. The van der Waals surface area contributed by atoms with Crippen molar-refractivity contribution in [3.63, 3.8) is 0 Å². The topological polar surface area (TPSA) is 25.8 Å². The standard InChI is InChI=1S/C56H36N2/c1-2-13-37(14-3-1)38-25-27-41(28-26-38)53-36-54(50-23-11-10-22-49(50)48-24-12-18-39-15-4-7-19-45(39)48)58-56(57-53)43-31-29-42(30-32-43)55-47-21-9-6-17-44(47)35-52-46-20-8-5-16-40(46)33-34-51(52)55/h1-36H. The first-order chi connectivity index (χ1) is 28.7. The van der Waals surface area contributed by atoms with Gasteiger partial charge in [-0.1, -0.05) is 206 Å². The zero-order chi connectivity index (χ0) is 38.4. The maximum Gasteiger partial charge on any atom is 0.160 e. The molecule has 0 bridgehead atoms. The lowest BCUT2D eigenvalue weighted by Crippen LogP contribution is -1.97. The quantitative estimate of drug-likeness (QED) is 0.125. The molecule has 270 valence electrons. The number of aromatic nitrogens is 2. The lowest BCUT2D eigenvalue weighted by Gasteiger charge is -2.15. The monoisotopic (exact) mass is 736 g/mol. The molecule has 0 N–H and O–H groups in total. The van der Waals surface area contributed by atoms with Crippen LogP contribution in [0.5, 0.6) is 0 Å². The molecule has 2 nitrogen and oxygen atoms in total. The lowest BCUT2D eigenvalue weighted by molar-refractivity contribution is 1.18. The highest BCUT2D eigenvalue weighted by Gasteiger charge is 2.17. The highest BCUT2D eigenvalue weighted by molar-refractivity contribution is 6.20. The Morgan fingerprint density at radius 3 is 1.57 bits per heavy atom. The Bertz CT molecular complexity index is 3310. The van der Waals surface area contributed by atoms with Gasteiger partial charge in [-0.15, -0.1) is 0 Å². The third kappa shape index (κ3) is 5.91. The number of rotatable bonds is 6. The van der Waals surface area contributed by atoms with Crippen molar-refractivity contribution < 1.29 is 0 Å². The SMILES string of the molecule is c1ccc(-c2ccc(-c3cc(-c4ccccc4-c4cccc5ccccc45)nc(-c4ccc(-c5c6ccccc6cc6c5ccc5ccccc56)cc4)n3)cc2)cc1. The smallest absolute Gasteiger partial charge is 0.160 e. The van der Waals surface area contributed by atoms with Crippen molar-refractivity contribution >= 4 is 43.1 Å². The molecule has 0 unspecified atom stereocenters. The largest absolute Gasteiger partial charge is 0.228 e. The predicted molar refractivity (Wildman–Crippen MR) is 245 cm³/mol. The Morgan fingerprint density at radius 2 is 0.776 bits per heavy atom. The van der Waals surface area contributed by atoms with E-state index in [9.17, 15) is 0 Å². The summed E-state index contributed by atoms with van der Waals surface area (Å²) in [4.78, 5) is 10.6. The first kappa shape index (κ1) is 33.6. The van der Waals surface area contributed by atoms with Gasteiger partial charge in [-0.25, -0.2) is 9.97 Å². The summed E-state index contributed by atoms with van der Waals surface area (Å²) in [6, 6.07) is 78.2. The minimum absolute atomic E-state index is 0.688. The molecule has 0 amide bonds. The van der Waals surface area contributed by atoms with Crippen LogP contribution < -0.4 is 0 Å². The van der Waals surface area contributed by atoms with E-state index < -0.39 is 0 Å². The zero-order valence-electron chi connectivity index (χ0n) is 31.7. The normalized spacial score (nSPS) is 11.4. The highest BCUT2D eigenvalue weighted by atomic mass is 14.9. The van der Waals surface area contributed by atoms with Crippen molar-refractivity contribution in [3.05, 3.63) is 218 Å². The summed E-state index contributed by atoms with van der Waals surface area (Å²) in [7, 11) is 0. The van der Waals surface area contributed by atoms with Crippen LogP contribution in [0.4, 0.5) is 0 Å². The summed E-state index contributed by atoms with van der Waals surface area (Å²) < 4.78 is 0. The molecule has 1 aromatic heterocycles.